The van der Waals surface area contributed by atoms with Crippen molar-refractivity contribution in [2.45, 2.75) is 13.0 Å². The predicted octanol–water partition coefficient (Wildman–Crippen LogP) is 1.92. The molecule has 4 heteroatoms. The molecule has 1 atom stereocenters. The monoisotopic (exact) mass is 223 g/mol. The van der Waals surface area contributed by atoms with E-state index < -0.39 is 0 Å². The first-order valence-electron chi connectivity index (χ1n) is 5.12. The average Bonchev–Trinajstić information content (AvgIpc) is 2.29. The third-order valence-corrected chi connectivity index (χ3v) is 2.15. The Morgan fingerprint density at radius 1 is 1.38 bits per heavy atom. The average molecular weight is 223 g/mol. The van der Waals surface area contributed by atoms with Gasteiger partial charge in [-0.25, -0.2) is 4.79 Å². The molecule has 0 radical (unpaired) electrons. The quantitative estimate of drug-likeness (QED) is 0.775. The number of hydrogen-bond donors (Lipinski definition) is 1. The largest absolute Gasteiger partial charge is 0.465 e. The van der Waals surface area contributed by atoms with Crippen LogP contribution in [0.25, 0.3) is 0 Å². The van der Waals surface area contributed by atoms with Gasteiger partial charge in [-0.15, -0.1) is 0 Å². The van der Waals surface area contributed by atoms with Gasteiger partial charge in [-0.05, 0) is 19.1 Å². The van der Waals surface area contributed by atoms with Crippen LogP contribution in [-0.2, 0) is 9.47 Å². The summed E-state index contributed by atoms with van der Waals surface area (Å²) < 4.78 is 9.73. The molecule has 1 unspecified atom stereocenters. The summed E-state index contributed by atoms with van der Waals surface area (Å²) in [5, 5.41) is 3.20. The van der Waals surface area contributed by atoms with Crippen molar-refractivity contribution >= 4 is 11.7 Å². The van der Waals surface area contributed by atoms with Gasteiger partial charge in [-0.3, -0.25) is 0 Å². The molecular weight excluding hydrogens is 206 g/mol. The Morgan fingerprint density at radius 2 is 2.06 bits per heavy atom. The molecule has 1 aromatic carbocycles. The first-order chi connectivity index (χ1) is 7.69. The van der Waals surface area contributed by atoms with Gasteiger partial charge in [0.05, 0.1) is 19.3 Å². The molecule has 88 valence electrons. The molecule has 0 aliphatic rings. The molecule has 0 bridgehead atoms. The third kappa shape index (κ3) is 3.24. The highest BCUT2D eigenvalue weighted by molar-refractivity contribution is 5.95. The second-order valence-electron chi connectivity index (χ2n) is 3.54. The lowest BCUT2D eigenvalue weighted by Crippen LogP contribution is -2.22. The maximum absolute atomic E-state index is 11.5. The molecule has 1 rings (SSSR count). The highest BCUT2D eigenvalue weighted by Gasteiger charge is 2.12. The number of esters is 1. The molecule has 0 aliphatic heterocycles. The second kappa shape index (κ2) is 6.12. The zero-order valence-corrected chi connectivity index (χ0v) is 9.82. The number of rotatable bonds is 5. The van der Waals surface area contributed by atoms with Gasteiger partial charge in [0.25, 0.3) is 0 Å². The molecule has 1 aromatic rings. The summed E-state index contributed by atoms with van der Waals surface area (Å²) in [6.45, 7) is 2.56. The number of para-hydroxylation sites is 1. The van der Waals surface area contributed by atoms with Crippen molar-refractivity contribution in [3.63, 3.8) is 0 Å². The zero-order chi connectivity index (χ0) is 12.0. The highest BCUT2D eigenvalue weighted by atomic mass is 16.5. The summed E-state index contributed by atoms with van der Waals surface area (Å²) in [5.41, 5.74) is 1.30. The van der Waals surface area contributed by atoms with Gasteiger partial charge in [0.15, 0.2) is 0 Å². The van der Waals surface area contributed by atoms with Crippen LogP contribution in [0.2, 0.25) is 0 Å². The molecular formula is C12H17NO3. The molecule has 0 spiro atoms. The van der Waals surface area contributed by atoms with Crippen LogP contribution in [0.3, 0.4) is 0 Å². The topological polar surface area (TPSA) is 47.6 Å². The Balaban J connectivity index is 2.82. The summed E-state index contributed by atoms with van der Waals surface area (Å²) in [4.78, 5) is 11.5. The van der Waals surface area contributed by atoms with Crippen molar-refractivity contribution in [2.75, 3.05) is 26.1 Å². The van der Waals surface area contributed by atoms with Crippen LogP contribution in [-0.4, -0.2) is 32.8 Å². The molecule has 0 heterocycles. The van der Waals surface area contributed by atoms with Crippen LogP contribution in [0.1, 0.15) is 17.3 Å². The molecule has 0 saturated carbocycles. The first-order valence-corrected chi connectivity index (χ1v) is 5.12. The van der Waals surface area contributed by atoms with Gasteiger partial charge in [0.1, 0.15) is 0 Å². The molecule has 0 aromatic heterocycles. The number of benzene rings is 1. The lowest BCUT2D eigenvalue weighted by Gasteiger charge is -2.16. The van der Waals surface area contributed by atoms with Crippen molar-refractivity contribution < 1.29 is 14.3 Å². The van der Waals surface area contributed by atoms with E-state index in [0.717, 1.165) is 5.69 Å². The maximum Gasteiger partial charge on any atom is 0.339 e. The molecule has 0 saturated heterocycles. The van der Waals surface area contributed by atoms with Crippen LogP contribution < -0.4 is 5.32 Å². The van der Waals surface area contributed by atoms with E-state index in [1.54, 1.807) is 19.2 Å². The summed E-state index contributed by atoms with van der Waals surface area (Å²) in [6.07, 6.45) is 0. The third-order valence-electron chi connectivity index (χ3n) is 2.15. The van der Waals surface area contributed by atoms with Crippen LogP contribution in [0.5, 0.6) is 0 Å². The van der Waals surface area contributed by atoms with E-state index in [-0.39, 0.29) is 12.0 Å². The standard InChI is InChI=1S/C12H17NO3/c1-9(8-15-2)13-11-7-5-4-6-10(11)12(14)16-3/h4-7,9,13H,8H2,1-3H3. The Bertz CT molecular complexity index is 352. The van der Waals surface area contributed by atoms with Crippen molar-refractivity contribution in [3.05, 3.63) is 29.8 Å². The van der Waals surface area contributed by atoms with E-state index in [4.69, 9.17) is 9.47 Å². The van der Waals surface area contributed by atoms with E-state index in [0.29, 0.717) is 12.2 Å². The van der Waals surface area contributed by atoms with Crippen LogP contribution in [0.15, 0.2) is 24.3 Å². The fraction of sp³-hybridized carbons (Fsp3) is 0.417. The summed E-state index contributed by atoms with van der Waals surface area (Å²) in [6, 6.07) is 7.38. The van der Waals surface area contributed by atoms with E-state index in [1.165, 1.54) is 7.11 Å². The highest BCUT2D eigenvalue weighted by Crippen LogP contribution is 2.16. The number of methoxy groups -OCH3 is 2. The number of ether oxygens (including phenoxy) is 2. The minimum Gasteiger partial charge on any atom is -0.465 e. The van der Waals surface area contributed by atoms with Gasteiger partial charge in [0, 0.05) is 18.8 Å². The lowest BCUT2D eigenvalue weighted by atomic mass is 10.1. The Hall–Kier alpha value is -1.55. The minimum atomic E-state index is -0.340. The number of hydrogen-bond acceptors (Lipinski definition) is 4. The predicted molar refractivity (Wildman–Crippen MR) is 62.7 cm³/mol. The van der Waals surface area contributed by atoms with Crippen LogP contribution in [0, 0.1) is 0 Å². The van der Waals surface area contributed by atoms with Gasteiger partial charge < -0.3 is 14.8 Å². The van der Waals surface area contributed by atoms with Crippen LogP contribution >= 0.6 is 0 Å². The lowest BCUT2D eigenvalue weighted by molar-refractivity contribution is 0.0601. The van der Waals surface area contributed by atoms with Gasteiger partial charge >= 0.3 is 5.97 Å². The van der Waals surface area contributed by atoms with Gasteiger partial charge in [-0.2, -0.15) is 0 Å². The van der Waals surface area contributed by atoms with Gasteiger partial charge in [-0.1, -0.05) is 12.1 Å². The fourth-order valence-corrected chi connectivity index (χ4v) is 1.45. The molecule has 0 fully saturated rings. The zero-order valence-electron chi connectivity index (χ0n) is 9.82. The summed E-state index contributed by atoms with van der Waals surface area (Å²) in [7, 11) is 3.02. The molecule has 1 N–H and O–H groups in total. The fourth-order valence-electron chi connectivity index (χ4n) is 1.45. The second-order valence-corrected chi connectivity index (χ2v) is 3.54. The number of carbonyl (C=O) groups excluding carboxylic acids is 1. The minimum absolute atomic E-state index is 0.135. The van der Waals surface area contributed by atoms with E-state index >= 15 is 0 Å². The van der Waals surface area contributed by atoms with Crippen molar-refractivity contribution in [3.8, 4) is 0 Å². The number of carbonyl (C=O) groups is 1. The van der Waals surface area contributed by atoms with Crippen LogP contribution in [0.4, 0.5) is 5.69 Å². The van der Waals surface area contributed by atoms with E-state index in [9.17, 15) is 4.79 Å². The van der Waals surface area contributed by atoms with Crippen molar-refractivity contribution in [1.29, 1.82) is 0 Å². The summed E-state index contributed by atoms with van der Waals surface area (Å²) in [5.74, 6) is -0.340. The summed E-state index contributed by atoms with van der Waals surface area (Å²) >= 11 is 0. The normalized spacial score (nSPS) is 11.9. The maximum atomic E-state index is 11.5. The Labute approximate surface area is 95.6 Å². The van der Waals surface area contributed by atoms with Crippen molar-refractivity contribution in [2.24, 2.45) is 0 Å². The Morgan fingerprint density at radius 3 is 2.69 bits per heavy atom. The van der Waals surface area contributed by atoms with Gasteiger partial charge in [0.2, 0.25) is 0 Å². The molecule has 0 amide bonds. The Kier molecular flexibility index (Phi) is 4.79. The van der Waals surface area contributed by atoms with E-state index in [1.807, 2.05) is 19.1 Å². The number of anilines is 1. The smallest absolute Gasteiger partial charge is 0.339 e. The van der Waals surface area contributed by atoms with E-state index in [2.05, 4.69) is 5.32 Å². The molecule has 0 aliphatic carbocycles. The van der Waals surface area contributed by atoms with Crippen molar-refractivity contribution in [1.82, 2.24) is 0 Å². The first kappa shape index (κ1) is 12.5. The number of nitrogens with one attached hydrogen (secondary N) is 1. The SMILES string of the molecule is COCC(C)Nc1ccccc1C(=O)OC. The molecule has 4 nitrogen and oxygen atoms in total. The molecule has 16 heavy (non-hydrogen) atoms.